The van der Waals surface area contributed by atoms with Gasteiger partial charge in [0.05, 0.1) is 0 Å². The molecule has 21 heteroatoms. The number of halogens is 6. The van der Waals surface area contributed by atoms with Crippen LogP contribution in [0.1, 0.15) is 99.9 Å². The number of benzene rings is 12. The van der Waals surface area contributed by atoms with E-state index < -0.39 is 46.4 Å². The number of alkyl halides is 6. The van der Waals surface area contributed by atoms with Gasteiger partial charge in [-0.1, -0.05) is 229 Å². The summed E-state index contributed by atoms with van der Waals surface area (Å²) < 4.78 is 199. The molecule has 2 aliphatic heterocycles. The zero-order chi connectivity index (χ0) is 72.7. The first-order valence-corrected chi connectivity index (χ1v) is 40.5. The topological polar surface area (TPSA) is 142 Å². The molecule has 0 unspecified atom stereocenters. The molecular formula is C82H73F6N3O8P2S2. The van der Waals surface area contributed by atoms with Gasteiger partial charge in [0.15, 0.2) is 0 Å². The van der Waals surface area contributed by atoms with E-state index in [2.05, 4.69) is 4.15 Å². The number of sulfonamides is 2. The summed E-state index contributed by atoms with van der Waals surface area (Å²) in [5.41, 5.74) is -2.98. The lowest BCUT2D eigenvalue weighted by atomic mass is 9.85. The summed E-state index contributed by atoms with van der Waals surface area (Å²) in [6, 6.07) is 58.4. The van der Waals surface area contributed by atoms with Crippen LogP contribution in [0.3, 0.4) is 0 Å². The molecular weight excluding hydrogens is 1390 g/mol. The lowest BCUT2D eigenvalue weighted by molar-refractivity contribution is -0.0445. The Bertz CT molecular complexity index is 5470. The molecule has 103 heavy (non-hydrogen) atoms. The molecule has 0 saturated heterocycles. The molecule has 11 nitrogen and oxygen atoms in total. The van der Waals surface area contributed by atoms with Gasteiger partial charge in [-0.25, -0.2) is 8.42 Å². The van der Waals surface area contributed by atoms with E-state index in [-0.39, 0.29) is 67.5 Å². The third-order valence-electron chi connectivity index (χ3n) is 19.4. The van der Waals surface area contributed by atoms with Crippen LogP contribution < -0.4 is 22.6 Å². The molecule has 2 aliphatic rings. The number of fused-ring (bicyclic) bond motifs is 14. The third-order valence-corrected chi connectivity index (χ3v) is 27.7. The van der Waals surface area contributed by atoms with Gasteiger partial charge in [-0.2, -0.15) is 34.8 Å². The monoisotopic (exact) mass is 1470 g/mol. The van der Waals surface area contributed by atoms with E-state index in [1.807, 2.05) is 152 Å². The first kappa shape index (κ1) is 70.8. The van der Waals surface area contributed by atoms with Crippen molar-refractivity contribution in [3.05, 3.63) is 239 Å². The molecule has 0 radical (unpaired) electrons. The SMILES string of the molecule is CCc1cc(CC)cc(-c2cc3ccccc3c3c2OP(=NS(=O)(=O)C(F)(F)F)(N=P2(NS(=O)(=O)C(F)(F)F)Oc4c(-c5cc(CC)cc(CC)c5)cc5ccccc5c4-c4c(c(-c5cc(CC)cc(CC)c5)cc5ccccc45)O2)Oc2c(-c4cc(CC)cc(CC)c4)cc4ccccc4c2-3)c1. The highest BCUT2D eigenvalue weighted by Crippen LogP contribution is 2.73. The molecule has 0 atom stereocenters. The lowest BCUT2D eigenvalue weighted by Gasteiger charge is -2.29. The molecule has 0 spiro atoms. The Morgan fingerprint density at radius 3 is 0.816 bits per heavy atom. The third kappa shape index (κ3) is 13.0. The van der Waals surface area contributed by atoms with Crippen LogP contribution in [0.25, 0.3) is 110 Å². The summed E-state index contributed by atoms with van der Waals surface area (Å²) in [4.78, 5) is 0. The van der Waals surface area contributed by atoms with Crippen molar-refractivity contribution in [2.75, 3.05) is 0 Å². The summed E-state index contributed by atoms with van der Waals surface area (Å²) in [6.45, 7) is 15.6. The Labute approximate surface area is 595 Å². The van der Waals surface area contributed by atoms with Gasteiger partial charge in [0.2, 0.25) is 0 Å². The molecule has 0 saturated carbocycles. The Kier molecular flexibility index (Phi) is 18.6. The molecule has 0 amide bonds. The van der Waals surface area contributed by atoms with Gasteiger partial charge in [-0.05, 0) is 185 Å². The smallest absolute Gasteiger partial charge is 0.417 e. The van der Waals surface area contributed by atoms with Crippen LogP contribution in [-0.2, 0) is 71.4 Å². The second-order valence-corrected chi connectivity index (χ2v) is 33.6. The van der Waals surface area contributed by atoms with Crippen LogP contribution in [-0.4, -0.2) is 27.9 Å². The fourth-order valence-electron chi connectivity index (χ4n) is 14.1. The maximum atomic E-state index is 16.4. The van der Waals surface area contributed by atoms with E-state index in [4.69, 9.17) is 22.6 Å². The number of hydrogen-bond donors (Lipinski definition) is 1. The predicted octanol–water partition coefficient (Wildman–Crippen LogP) is 24.2. The molecule has 1 N–H and O–H groups in total. The van der Waals surface area contributed by atoms with Gasteiger partial charge in [-0.15, -0.1) is 9.01 Å². The van der Waals surface area contributed by atoms with Gasteiger partial charge in [-0.3, -0.25) is 0 Å². The van der Waals surface area contributed by atoms with E-state index in [1.54, 1.807) is 102 Å². The Morgan fingerprint density at radius 1 is 0.340 bits per heavy atom. The van der Waals surface area contributed by atoms with Crippen molar-refractivity contribution in [1.82, 2.24) is 4.49 Å². The first-order valence-electron chi connectivity index (χ1n) is 34.5. The van der Waals surface area contributed by atoms with Gasteiger partial charge in [0.25, 0.3) is 0 Å². The van der Waals surface area contributed by atoms with E-state index in [0.717, 1.165) is 44.5 Å². The predicted molar refractivity (Wildman–Crippen MR) is 405 cm³/mol. The number of nitrogens with zero attached hydrogens (tertiary/aromatic N) is 2. The van der Waals surface area contributed by atoms with Crippen molar-refractivity contribution >= 4 is 78.5 Å². The van der Waals surface area contributed by atoms with E-state index in [9.17, 15) is 0 Å². The first-order chi connectivity index (χ1) is 49.3. The van der Waals surface area contributed by atoms with Gasteiger partial charge < -0.3 is 18.1 Å². The molecule has 528 valence electrons. The summed E-state index contributed by atoms with van der Waals surface area (Å²) >= 11 is 0. The Hall–Kier alpha value is -9.22. The highest BCUT2D eigenvalue weighted by molar-refractivity contribution is 7.97. The van der Waals surface area contributed by atoms with Crippen molar-refractivity contribution in [1.29, 1.82) is 0 Å². The standard InChI is InChI=1S/C82H73F6N3O8P2S2/c1-9-49-33-50(10-2)38-61(37-49)69-45-57-25-17-21-29-65(57)73-74-66-30-22-18-26-58(66)46-70(62-39-51(11-3)34-52(12-4)40-62)78(74)97-100(96-77(69)73,90-102(92,93)81(83,84)85)89-101(91-103(94,95)82(86,87)88)98-79-71(63-41-53(13-5)35-54(14-6)42-63)47-59-27-19-23-31-67(59)75(79)76-68-32-24-20-28-60(68)48-72(80(76)99-101)64-43-55(15-7)36-56(16-8)44-64/h17-48,90H,9-16H2,1-8H3. The minimum Gasteiger partial charge on any atom is -0.417 e. The number of hydrogen-bond acceptors (Lipinski definition) is 8. The van der Waals surface area contributed by atoms with Crippen molar-refractivity contribution < 1.29 is 61.3 Å². The fraction of sp³-hybridized carbons (Fsp3) is 0.220. The fourth-order valence-corrected chi connectivity index (χ4v) is 22.2. The van der Waals surface area contributed by atoms with Gasteiger partial charge in [0, 0.05) is 44.5 Å². The Morgan fingerprint density at radius 2 is 0.583 bits per heavy atom. The Balaban J connectivity index is 1.27. The minimum absolute atomic E-state index is 0.148. The molecule has 0 aliphatic carbocycles. The summed E-state index contributed by atoms with van der Waals surface area (Å²) in [7, 11) is -26.8. The maximum absolute atomic E-state index is 16.4. The highest BCUT2D eigenvalue weighted by atomic mass is 32.2. The second-order valence-electron chi connectivity index (χ2n) is 25.9. The maximum Gasteiger partial charge on any atom is 0.518 e. The zero-order valence-electron chi connectivity index (χ0n) is 57.8. The molecule has 0 bridgehead atoms. The van der Waals surface area contributed by atoms with Gasteiger partial charge in [0.1, 0.15) is 23.0 Å². The van der Waals surface area contributed by atoms with Crippen LogP contribution in [0.5, 0.6) is 23.0 Å². The van der Waals surface area contributed by atoms with Crippen molar-refractivity contribution in [3.8, 4) is 89.8 Å². The number of rotatable bonds is 16. The van der Waals surface area contributed by atoms with Crippen molar-refractivity contribution in [3.63, 3.8) is 0 Å². The second kappa shape index (κ2) is 27.1. The zero-order valence-corrected chi connectivity index (χ0v) is 61.2. The van der Waals surface area contributed by atoms with E-state index >= 15 is 43.2 Å². The summed E-state index contributed by atoms with van der Waals surface area (Å²) in [6.07, 6.45) is 4.03. The van der Waals surface area contributed by atoms with Crippen LogP contribution >= 0.6 is 15.3 Å². The summed E-state index contributed by atoms with van der Waals surface area (Å²) in [5, 5.41) is 3.96. The van der Waals surface area contributed by atoms with Crippen LogP contribution in [0.15, 0.2) is 203 Å². The number of nitrogens with one attached hydrogen (secondary N) is 1. The largest absolute Gasteiger partial charge is 0.518 e. The molecule has 14 rings (SSSR count). The average molecular weight is 1470 g/mol. The molecule has 0 fully saturated rings. The average Bonchev–Trinajstić information content (AvgIpc) is 1.59. The summed E-state index contributed by atoms with van der Waals surface area (Å²) in [5.74, 6) is -1.40. The van der Waals surface area contributed by atoms with E-state index in [0.29, 0.717) is 117 Å². The normalized spacial score (nSPS) is 14.1. The van der Waals surface area contributed by atoms with Gasteiger partial charge >= 0.3 is 46.4 Å². The van der Waals surface area contributed by atoms with Crippen LogP contribution in [0.4, 0.5) is 26.3 Å². The van der Waals surface area contributed by atoms with Crippen molar-refractivity contribution in [2.45, 2.75) is 118 Å². The number of aryl methyl sites for hydroxylation is 8. The molecule has 2 heterocycles. The minimum atomic E-state index is -7.09. The molecule has 12 aromatic rings. The van der Waals surface area contributed by atoms with E-state index in [1.165, 1.54) is 0 Å². The van der Waals surface area contributed by atoms with Crippen molar-refractivity contribution in [2.24, 2.45) is 8.67 Å². The van der Waals surface area contributed by atoms with Crippen LogP contribution in [0.2, 0.25) is 0 Å². The molecule has 0 aromatic heterocycles. The highest BCUT2D eigenvalue weighted by Gasteiger charge is 2.56. The quantitative estimate of drug-likeness (QED) is 0.0744. The molecule has 12 aromatic carbocycles. The van der Waals surface area contributed by atoms with Crippen LogP contribution in [0, 0.1) is 0 Å². The lowest BCUT2D eigenvalue weighted by Crippen LogP contribution is -2.37.